The van der Waals surface area contributed by atoms with Crippen LogP contribution in [-0.2, 0) is 58.9 Å². The first kappa shape index (κ1) is 60.9. The summed E-state index contributed by atoms with van der Waals surface area (Å²) in [6.07, 6.45) is 13.3. The SMILES string of the molecule is CO[C@H]1C[C@@H]2CC[C@@H](C)[C@@](O)(O2)C(=O)C(=O)N2CCCC[C@H]2C(=O)O[C@H]([C@H](C)CC2CC[C@H](OC(=O)NCc3ccncc3)[C@@H](OC)C2)CC(=O)[C@H](C)/C=C(\C)[C@@H](O)[C@@H](OC)C(=O)[C@H](C)C[C@H](C)/C=C/C=C/C=C/1C. The molecule has 15 atom stereocenters. The highest BCUT2D eigenvalue weighted by Gasteiger charge is 2.53. The number of esters is 1. The number of ether oxygens (including phenoxy) is 6. The molecule has 3 fully saturated rings. The molecule has 1 aliphatic carbocycles. The number of amides is 2. The molecule has 0 aromatic carbocycles. The number of nitrogens with one attached hydrogen (secondary N) is 1. The van der Waals surface area contributed by atoms with Gasteiger partial charge in [-0.3, -0.25) is 24.2 Å². The lowest BCUT2D eigenvalue weighted by molar-refractivity contribution is -0.265. The number of hydrogen-bond acceptors (Lipinski definition) is 15. The maximum Gasteiger partial charge on any atom is 0.407 e. The Hall–Kier alpha value is -4.91. The molecule has 1 aromatic heterocycles. The van der Waals surface area contributed by atoms with Gasteiger partial charge in [-0.05, 0) is 125 Å². The van der Waals surface area contributed by atoms with E-state index in [1.165, 1.54) is 12.0 Å². The van der Waals surface area contributed by atoms with E-state index in [4.69, 9.17) is 28.4 Å². The highest BCUT2D eigenvalue weighted by atomic mass is 16.6. The first-order valence-corrected chi connectivity index (χ1v) is 27.0. The summed E-state index contributed by atoms with van der Waals surface area (Å²) in [4.78, 5) is 89.5. The number of hydrogen-bond donors (Lipinski definition) is 3. The maximum absolute atomic E-state index is 14.6. The minimum atomic E-state index is -2.46. The predicted molar refractivity (Wildman–Crippen MR) is 280 cm³/mol. The second-order valence-electron chi connectivity index (χ2n) is 21.7. The molecule has 1 aromatic rings. The van der Waals surface area contributed by atoms with Gasteiger partial charge in [0.1, 0.15) is 36.2 Å². The Morgan fingerprint density at radius 3 is 2.31 bits per heavy atom. The number of piperidine rings is 1. The van der Waals surface area contributed by atoms with Crippen molar-refractivity contribution < 1.29 is 67.4 Å². The summed E-state index contributed by atoms with van der Waals surface area (Å²) in [5, 5.41) is 26.3. The lowest BCUT2D eigenvalue weighted by Gasteiger charge is -2.42. The van der Waals surface area contributed by atoms with Gasteiger partial charge < -0.3 is 48.9 Å². The normalized spacial score (nSPS) is 36.4. The molecule has 0 radical (unpaired) electrons. The molecule has 3 aliphatic heterocycles. The van der Waals surface area contributed by atoms with Crippen molar-refractivity contribution in [2.45, 2.75) is 187 Å². The van der Waals surface area contributed by atoms with Gasteiger partial charge in [-0.15, -0.1) is 0 Å². The van der Waals surface area contributed by atoms with E-state index in [1.807, 2.05) is 58.1 Å². The first-order chi connectivity index (χ1) is 35.7. The second kappa shape index (κ2) is 29.0. The molecule has 17 heteroatoms. The molecule has 3 N–H and O–H groups in total. The molecule has 4 heterocycles. The van der Waals surface area contributed by atoms with Gasteiger partial charge in [0.2, 0.25) is 5.79 Å². The van der Waals surface area contributed by atoms with Gasteiger partial charge >= 0.3 is 12.1 Å². The van der Waals surface area contributed by atoms with E-state index >= 15 is 0 Å². The minimum Gasteiger partial charge on any atom is -0.460 e. The maximum atomic E-state index is 14.6. The summed E-state index contributed by atoms with van der Waals surface area (Å²) >= 11 is 0. The third kappa shape index (κ3) is 16.8. The van der Waals surface area contributed by atoms with E-state index in [0.29, 0.717) is 69.8 Å². The first-order valence-electron chi connectivity index (χ1n) is 27.0. The van der Waals surface area contributed by atoms with Crippen LogP contribution in [0.1, 0.15) is 131 Å². The Kier molecular flexibility index (Phi) is 23.6. The quantitative estimate of drug-likeness (QED) is 0.124. The Morgan fingerprint density at radius 2 is 1.61 bits per heavy atom. The number of fused-ring (bicyclic) bond motifs is 3. The van der Waals surface area contributed by atoms with Crippen molar-refractivity contribution in [3.8, 4) is 0 Å². The van der Waals surface area contributed by atoms with Crippen LogP contribution in [-0.4, -0.2) is 138 Å². The predicted octanol–water partition coefficient (Wildman–Crippen LogP) is 7.51. The van der Waals surface area contributed by atoms with E-state index in [-0.39, 0.29) is 49.3 Å². The Morgan fingerprint density at radius 1 is 0.880 bits per heavy atom. The summed E-state index contributed by atoms with van der Waals surface area (Å²) in [6.45, 7) is 12.9. The van der Waals surface area contributed by atoms with Crippen molar-refractivity contribution in [1.29, 1.82) is 0 Å². The fourth-order valence-corrected chi connectivity index (χ4v) is 11.1. The third-order valence-corrected chi connectivity index (χ3v) is 15.9. The van der Waals surface area contributed by atoms with E-state index < -0.39 is 102 Å². The van der Waals surface area contributed by atoms with Gasteiger partial charge in [0.05, 0.1) is 18.3 Å². The average Bonchev–Trinajstić information content (AvgIpc) is 3.40. The standard InChI is InChI=1S/C58H85N3O14/c1-35-16-12-11-13-17-36(2)48(70-8)32-44-21-19-41(7)58(69,75-44)54(65)55(66)61-27-15-14-18-45(61)56(67)73-49(33-46(62)37(3)29-40(6)52(64)53(72-10)51(63)39(5)28-35)38(4)30-43-20-22-47(50(31-43)71-9)74-57(68)60-34-42-23-25-59-26-24-42/h11-13,16-17,23-26,29,35,37-39,41,43-45,47-50,52-53,64,69H,14-15,18-22,27-28,30-34H2,1-10H3,(H,60,68)/b13-11+,16-12+,36-17+,40-29+/t35-,37-,38-,39-,41-,43?,44+,45+,47+,48+,49+,50+,52-,53+,58-/m1/s1. The third-order valence-electron chi connectivity index (χ3n) is 15.9. The number of methoxy groups -OCH3 is 3. The monoisotopic (exact) mass is 1050 g/mol. The van der Waals surface area contributed by atoms with Crippen LogP contribution >= 0.6 is 0 Å². The van der Waals surface area contributed by atoms with Crippen LogP contribution in [0.25, 0.3) is 0 Å². The number of carbonyl (C=O) groups excluding carboxylic acids is 6. The molecule has 1 saturated carbocycles. The van der Waals surface area contributed by atoms with Gasteiger partial charge in [-0.25, -0.2) is 9.59 Å². The molecule has 75 heavy (non-hydrogen) atoms. The van der Waals surface area contributed by atoms with Crippen molar-refractivity contribution in [3.05, 3.63) is 77.7 Å². The number of allylic oxidation sites excluding steroid dienone is 6. The van der Waals surface area contributed by atoms with Crippen LogP contribution in [0.15, 0.2) is 72.1 Å². The molecular weight excluding hydrogens is 963 g/mol. The van der Waals surface area contributed by atoms with E-state index in [1.54, 1.807) is 65.6 Å². The molecule has 2 amide bonds. The zero-order valence-electron chi connectivity index (χ0n) is 45.9. The molecular formula is C58H85N3O14. The minimum absolute atomic E-state index is 0.00202. The topological polar surface area (TPSA) is 226 Å². The molecule has 1 unspecified atom stereocenters. The molecule has 416 valence electrons. The lowest BCUT2D eigenvalue weighted by Crippen LogP contribution is -2.61. The summed E-state index contributed by atoms with van der Waals surface area (Å²) in [5.41, 5.74) is 2.11. The number of aromatic nitrogens is 1. The summed E-state index contributed by atoms with van der Waals surface area (Å²) in [5.74, 6) is -8.35. The second-order valence-corrected chi connectivity index (χ2v) is 21.7. The number of Topliss-reactive ketones (excluding diaryl/α,β-unsaturated/α-hetero) is 3. The van der Waals surface area contributed by atoms with Crippen LogP contribution in [0.4, 0.5) is 4.79 Å². The number of nitrogens with zero attached hydrogens (tertiary/aromatic N) is 2. The average molecular weight is 1050 g/mol. The van der Waals surface area contributed by atoms with Crippen LogP contribution in [0.5, 0.6) is 0 Å². The Labute approximate surface area is 444 Å². The number of carbonyl (C=O) groups is 6. The molecule has 5 rings (SSSR count). The highest BCUT2D eigenvalue weighted by molar-refractivity contribution is 6.39. The Bertz CT molecular complexity index is 2210. The fraction of sp³-hybridized carbons (Fsp3) is 0.672. The van der Waals surface area contributed by atoms with Crippen LogP contribution in [0.2, 0.25) is 0 Å². The number of pyridine rings is 1. The number of alkyl carbamates (subject to hydrolysis) is 1. The van der Waals surface area contributed by atoms with Crippen molar-refractivity contribution in [3.63, 3.8) is 0 Å². The van der Waals surface area contributed by atoms with Crippen LogP contribution < -0.4 is 5.32 Å². The largest absolute Gasteiger partial charge is 0.460 e. The number of aliphatic hydroxyl groups is 2. The molecule has 2 bridgehead atoms. The highest BCUT2D eigenvalue weighted by Crippen LogP contribution is 2.38. The number of rotatable bonds is 9. The zero-order valence-corrected chi connectivity index (χ0v) is 45.9. The van der Waals surface area contributed by atoms with Gasteiger partial charge in [0.15, 0.2) is 5.78 Å². The molecule has 4 aliphatic rings. The van der Waals surface area contributed by atoms with Gasteiger partial charge in [0.25, 0.3) is 11.7 Å². The van der Waals surface area contributed by atoms with Gasteiger partial charge in [-0.1, -0.05) is 71.1 Å². The van der Waals surface area contributed by atoms with Crippen molar-refractivity contribution >= 4 is 35.3 Å². The zero-order chi connectivity index (χ0) is 55.0. The fourth-order valence-electron chi connectivity index (χ4n) is 11.1. The summed E-state index contributed by atoms with van der Waals surface area (Å²) < 4.78 is 35.7. The molecule has 17 nitrogen and oxygen atoms in total. The van der Waals surface area contributed by atoms with E-state index in [2.05, 4.69) is 10.3 Å². The van der Waals surface area contributed by atoms with Crippen molar-refractivity contribution in [1.82, 2.24) is 15.2 Å². The molecule has 0 spiro atoms. The number of cyclic esters (lactones) is 1. The van der Waals surface area contributed by atoms with Crippen molar-refractivity contribution in [2.24, 2.45) is 35.5 Å². The van der Waals surface area contributed by atoms with Crippen LogP contribution in [0.3, 0.4) is 0 Å². The summed E-state index contributed by atoms with van der Waals surface area (Å²) in [6, 6.07) is 2.42. The number of ketones is 3. The smallest absolute Gasteiger partial charge is 0.407 e. The Balaban J connectivity index is 1.42. The van der Waals surface area contributed by atoms with Gasteiger partial charge in [0, 0.05) is 77.4 Å². The lowest BCUT2D eigenvalue weighted by atomic mass is 9.78. The van der Waals surface area contributed by atoms with Crippen molar-refractivity contribution in [2.75, 3.05) is 27.9 Å². The molecule has 2 saturated heterocycles. The van der Waals surface area contributed by atoms with Crippen LogP contribution in [0, 0.1) is 35.5 Å². The summed E-state index contributed by atoms with van der Waals surface area (Å²) in [7, 11) is 4.51. The van der Waals surface area contributed by atoms with E-state index in [0.717, 1.165) is 11.1 Å². The number of aliphatic hydroxyl groups excluding tert-OH is 1. The van der Waals surface area contributed by atoms with E-state index in [9.17, 15) is 39.0 Å². The van der Waals surface area contributed by atoms with Gasteiger partial charge in [-0.2, -0.15) is 0 Å².